The summed E-state index contributed by atoms with van der Waals surface area (Å²) in [5.41, 5.74) is 0. The summed E-state index contributed by atoms with van der Waals surface area (Å²) in [7, 11) is 1.71. The van der Waals surface area contributed by atoms with E-state index < -0.39 is 0 Å². The van der Waals surface area contributed by atoms with Crippen LogP contribution in [0.5, 0.6) is 0 Å². The monoisotopic (exact) mass is 247 g/mol. The summed E-state index contributed by atoms with van der Waals surface area (Å²) in [6.07, 6.45) is 4.43. The highest BCUT2D eigenvalue weighted by atomic mass is 16.5. The van der Waals surface area contributed by atoms with Gasteiger partial charge in [-0.15, -0.1) is 0 Å². The molecule has 0 unspecified atom stereocenters. The third-order valence-electron chi connectivity index (χ3n) is 2.34. The van der Waals surface area contributed by atoms with Crippen molar-refractivity contribution in [2.24, 2.45) is 0 Å². The van der Waals surface area contributed by atoms with Crippen molar-refractivity contribution in [2.45, 2.75) is 32.6 Å². The molecule has 0 aromatic carbocycles. The largest absolute Gasteiger partial charge is 0.385 e. The van der Waals surface area contributed by atoms with Crippen molar-refractivity contribution in [1.29, 1.82) is 0 Å². The molecule has 0 aromatic rings. The van der Waals surface area contributed by atoms with Crippen molar-refractivity contribution in [1.82, 2.24) is 5.32 Å². The predicted molar refractivity (Wildman–Crippen MR) is 70.5 cm³/mol. The zero-order valence-electron chi connectivity index (χ0n) is 11.5. The maximum absolute atomic E-state index is 5.46. The Bertz CT molecular complexity index is 120. The van der Waals surface area contributed by atoms with Crippen molar-refractivity contribution in [3.05, 3.63) is 0 Å². The molecular weight excluding hydrogens is 218 g/mol. The quantitative estimate of drug-likeness (QED) is 0.475. The molecule has 0 radical (unpaired) electrons. The van der Waals surface area contributed by atoms with E-state index in [1.54, 1.807) is 7.11 Å². The Balaban J connectivity index is 2.85. The van der Waals surface area contributed by atoms with E-state index in [0.29, 0.717) is 0 Å². The van der Waals surface area contributed by atoms with Crippen LogP contribution in [0.3, 0.4) is 0 Å². The van der Waals surface area contributed by atoms with E-state index >= 15 is 0 Å². The predicted octanol–water partition coefficient (Wildman–Crippen LogP) is 1.84. The number of hydrogen-bond donors (Lipinski definition) is 1. The van der Waals surface area contributed by atoms with Gasteiger partial charge in [0.1, 0.15) is 0 Å². The summed E-state index contributed by atoms with van der Waals surface area (Å²) in [4.78, 5) is 0. The lowest BCUT2D eigenvalue weighted by Gasteiger charge is -2.06. The molecule has 104 valence electrons. The van der Waals surface area contributed by atoms with Crippen LogP contribution < -0.4 is 5.32 Å². The molecule has 1 N–H and O–H groups in total. The molecule has 0 aliphatic heterocycles. The highest BCUT2D eigenvalue weighted by Crippen LogP contribution is 1.89. The molecule has 0 saturated carbocycles. The standard InChI is InChI=1S/C13H29NO3/c1-3-4-10-16-11-5-7-14-8-13-17-12-6-9-15-2/h14H,3-13H2,1-2H3. The first kappa shape index (κ1) is 16.8. The van der Waals surface area contributed by atoms with Crippen LogP contribution in [0.2, 0.25) is 0 Å². The van der Waals surface area contributed by atoms with Crippen molar-refractivity contribution in [3.63, 3.8) is 0 Å². The lowest BCUT2D eigenvalue weighted by Crippen LogP contribution is -2.22. The molecule has 17 heavy (non-hydrogen) atoms. The van der Waals surface area contributed by atoms with Gasteiger partial charge in [-0.3, -0.25) is 0 Å². The van der Waals surface area contributed by atoms with Gasteiger partial charge < -0.3 is 19.5 Å². The Kier molecular flexibility index (Phi) is 15.7. The number of rotatable bonds is 14. The molecule has 0 spiro atoms. The fourth-order valence-corrected chi connectivity index (χ4v) is 1.32. The van der Waals surface area contributed by atoms with Gasteiger partial charge in [0.25, 0.3) is 0 Å². The van der Waals surface area contributed by atoms with Crippen molar-refractivity contribution < 1.29 is 14.2 Å². The van der Waals surface area contributed by atoms with Crippen molar-refractivity contribution >= 4 is 0 Å². The second kappa shape index (κ2) is 15.8. The number of ether oxygens (including phenoxy) is 3. The van der Waals surface area contributed by atoms with Gasteiger partial charge >= 0.3 is 0 Å². The van der Waals surface area contributed by atoms with Gasteiger partial charge in [-0.25, -0.2) is 0 Å². The zero-order chi connectivity index (χ0) is 12.6. The summed E-state index contributed by atoms with van der Waals surface area (Å²) < 4.78 is 15.8. The van der Waals surface area contributed by atoms with Crippen molar-refractivity contribution in [3.8, 4) is 0 Å². The van der Waals surface area contributed by atoms with Gasteiger partial charge in [-0.05, 0) is 25.8 Å². The molecule has 0 aliphatic carbocycles. The fraction of sp³-hybridized carbons (Fsp3) is 1.00. The zero-order valence-corrected chi connectivity index (χ0v) is 11.5. The highest BCUT2D eigenvalue weighted by molar-refractivity contribution is 4.47. The van der Waals surface area contributed by atoms with Crippen LogP contribution in [0.15, 0.2) is 0 Å². The lowest BCUT2D eigenvalue weighted by molar-refractivity contribution is 0.103. The second-order valence-corrected chi connectivity index (χ2v) is 4.03. The Morgan fingerprint density at radius 3 is 2.24 bits per heavy atom. The van der Waals surface area contributed by atoms with Gasteiger partial charge in [0.15, 0.2) is 0 Å². The molecule has 0 saturated heterocycles. The minimum absolute atomic E-state index is 0.778. The van der Waals surface area contributed by atoms with E-state index in [1.807, 2.05) is 0 Å². The average Bonchev–Trinajstić information content (AvgIpc) is 2.35. The summed E-state index contributed by atoms with van der Waals surface area (Å²) in [5, 5.41) is 3.33. The molecule has 0 rings (SSSR count). The van der Waals surface area contributed by atoms with Gasteiger partial charge in [0.05, 0.1) is 6.61 Å². The van der Waals surface area contributed by atoms with E-state index in [2.05, 4.69) is 12.2 Å². The molecule has 0 aliphatic rings. The summed E-state index contributed by atoms with van der Waals surface area (Å²) >= 11 is 0. The summed E-state index contributed by atoms with van der Waals surface area (Å²) in [6.45, 7) is 8.21. The van der Waals surface area contributed by atoms with E-state index in [-0.39, 0.29) is 0 Å². The van der Waals surface area contributed by atoms with Crippen LogP contribution in [0.25, 0.3) is 0 Å². The Labute approximate surface area is 106 Å². The number of nitrogens with one attached hydrogen (secondary N) is 1. The number of hydrogen-bond acceptors (Lipinski definition) is 4. The van der Waals surface area contributed by atoms with Crippen LogP contribution in [0.4, 0.5) is 0 Å². The van der Waals surface area contributed by atoms with Gasteiger partial charge in [-0.2, -0.15) is 0 Å². The molecule has 0 amide bonds. The molecule has 0 bridgehead atoms. The first-order valence-corrected chi connectivity index (χ1v) is 6.77. The Morgan fingerprint density at radius 2 is 1.47 bits per heavy atom. The third-order valence-corrected chi connectivity index (χ3v) is 2.34. The van der Waals surface area contributed by atoms with Crippen LogP contribution in [-0.2, 0) is 14.2 Å². The fourth-order valence-electron chi connectivity index (χ4n) is 1.32. The van der Waals surface area contributed by atoms with E-state index in [1.165, 1.54) is 12.8 Å². The van der Waals surface area contributed by atoms with Gasteiger partial charge in [0.2, 0.25) is 0 Å². The Morgan fingerprint density at radius 1 is 0.765 bits per heavy atom. The normalized spacial score (nSPS) is 10.9. The second-order valence-electron chi connectivity index (χ2n) is 4.03. The first-order valence-electron chi connectivity index (χ1n) is 6.77. The molecule has 0 atom stereocenters. The summed E-state index contributed by atoms with van der Waals surface area (Å²) in [6, 6.07) is 0. The van der Waals surface area contributed by atoms with E-state index in [9.17, 15) is 0 Å². The molecule has 4 nitrogen and oxygen atoms in total. The topological polar surface area (TPSA) is 39.7 Å². The highest BCUT2D eigenvalue weighted by Gasteiger charge is 1.91. The van der Waals surface area contributed by atoms with E-state index in [0.717, 1.165) is 59.0 Å². The average molecular weight is 247 g/mol. The molecule has 0 heterocycles. The van der Waals surface area contributed by atoms with Crippen LogP contribution in [0.1, 0.15) is 32.6 Å². The molecule has 0 fully saturated rings. The maximum Gasteiger partial charge on any atom is 0.0590 e. The number of methoxy groups -OCH3 is 1. The SMILES string of the molecule is CCCCOCCCNCCOCCCOC. The van der Waals surface area contributed by atoms with Crippen molar-refractivity contribution in [2.75, 3.05) is 53.2 Å². The van der Waals surface area contributed by atoms with E-state index in [4.69, 9.17) is 14.2 Å². The lowest BCUT2D eigenvalue weighted by atomic mass is 10.4. The van der Waals surface area contributed by atoms with Crippen LogP contribution in [-0.4, -0.2) is 53.2 Å². The Hall–Kier alpha value is -0.160. The first-order chi connectivity index (χ1) is 8.41. The third kappa shape index (κ3) is 15.8. The minimum atomic E-state index is 0.778. The summed E-state index contributed by atoms with van der Waals surface area (Å²) in [5.74, 6) is 0. The minimum Gasteiger partial charge on any atom is -0.385 e. The molecular formula is C13H29NO3. The van der Waals surface area contributed by atoms with Crippen LogP contribution >= 0.6 is 0 Å². The van der Waals surface area contributed by atoms with Crippen LogP contribution in [0, 0.1) is 0 Å². The molecule has 4 heteroatoms. The smallest absolute Gasteiger partial charge is 0.0590 e. The number of unbranched alkanes of at least 4 members (excludes halogenated alkanes) is 1. The molecule has 0 aromatic heterocycles. The maximum atomic E-state index is 5.46. The van der Waals surface area contributed by atoms with Gasteiger partial charge in [-0.1, -0.05) is 13.3 Å². The van der Waals surface area contributed by atoms with Gasteiger partial charge in [0, 0.05) is 40.1 Å².